The van der Waals surface area contributed by atoms with Crippen molar-refractivity contribution in [3.8, 4) is 5.75 Å². The monoisotopic (exact) mass is 292 g/mol. The number of ether oxygens (including phenoxy) is 1. The van der Waals surface area contributed by atoms with Crippen LogP contribution in [-0.2, 0) is 10.0 Å². The number of nitrogens with one attached hydrogen (secondary N) is 1. The fourth-order valence-electron chi connectivity index (χ4n) is 1.44. The summed E-state index contributed by atoms with van der Waals surface area (Å²) in [5.74, 6) is -1.04. The molecule has 1 unspecified atom stereocenters. The minimum absolute atomic E-state index is 0.0492. The quantitative estimate of drug-likeness (QED) is 0.661. The molecule has 1 atom stereocenters. The fourth-order valence-corrected chi connectivity index (χ4v) is 2.54. The fraction of sp³-hybridized carbons (Fsp3) is 0.455. The number of hydrogen-bond donors (Lipinski definition) is 3. The van der Waals surface area contributed by atoms with Crippen molar-refractivity contribution in [2.75, 3.05) is 19.4 Å². The number of anilines is 1. The molecule has 1 rings (SSSR count). The maximum Gasteiger partial charge on any atom is 0.240 e. The SMILES string of the molecule is COc1c(N)cc(S(=O)(=O)NCCC(C)O)cc1F. The van der Waals surface area contributed by atoms with Crippen LogP contribution in [0.3, 0.4) is 0 Å². The van der Waals surface area contributed by atoms with Gasteiger partial charge in [-0.05, 0) is 25.5 Å². The van der Waals surface area contributed by atoms with Crippen molar-refractivity contribution in [2.24, 2.45) is 0 Å². The van der Waals surface area contributed by atoms with Crippen molar-refractivity contribution in [3.63, 3.8) is 0 Å². The molecule has 19 heavy (non-hydrogen) atoms. The van der Waals surface area contributed by atoms with E-state index in [2.05, 4.69) is 4.72 Å². The number of halogens is 1. The van der Waals surface area contributed by atoms with E-state index >= 15 is 0 Å². The Hall–Kier alpha value is -1.38. The van der Waals surface area contributed by atoms with E-state index in [0.717, 1.165) is 12.1 Å². The van der Waals surface area contributed by atoms with Crippen LogP contribution in [0, 0.1) is 5.82 Å². The maximum absolute atomic E-state index is 13.6. The Morgan fingerprint density at radius 2 is 2.16 bits per heavy atom. The molecule has 0 amide bonds. The van der Waals surface area contributed by atoms with Crippen molar-refractivity contribution in [3.05, 3.63) is 17.9 Å². The van der Waals surface area contributed by atoms with E-state index in [1.165, 1.54) is 7.11 Å². The van der Waals surface area contributed by atoms with E-state index in [0.29, 0.717) is 0 Å². The lowest BCUT2D eigenvalue weighted by atomic mass is 10.3. The summed E-state index contributed by atoms with van der Waals surface area (Å²) >= 11 is 0. The lowest BCUT2D eigenvalue weighted by Crippen LogP contribution is -2.27. The normalized spacial score (nSPS) is 13.3. The number of methoxy groups -OCH3 is 1. The molecule has 0 aromatic heterocycles. The molecule has 1 aromatic carbocycles. The van der Waals surface area contributed by atoms with E-state index in [1.807, 2.05) is 0 Å². The van der Waals surface area contributed by atoms with Crippen LogP contribution < -0.4 is 15.2 Å². The third kappa shape index (κ3) is 4.05. The first-order chi connectivity index (χ1) is 8.77. The maximum atomic E-state index is 13.6. The van der Waals surface area contributed by atoms with Gasteiger partial charge in [0.05, 0.1) is 23.8 Å². The first-order valence-electron chi connectivity index (χ1n) is 5.58. The summed E-state index contributed by atoms with van der Waals surface area (Å²) < 4.78 is 44.2. The summed E-state index contributed by atoms with van der Waals surface area (Å²) in [6, 6.07) is 1.95. The third-order valence-electron chi connectivity index (χ3n) is 2.41. The molecule has 8 heteroatoms. The minimum Gasteiger partial charge on any atom is -0.492 e. The molecule has 108 valence electrons. The average Bonchev–Trinajstić information content (AvgIpc) is 2.27. The molecule has 4 N–H and O–H groups in total. The van der Waals surface area contributed by atoms with Crippen molar-refractivity contribution in [2.45, 2.75) is 24.3 Å². The van der Waals surface area contributed by atoms with Crippen LogP contribution in [0.2, 0.25) is 0 Å². The number of hydrogen-bond acceptors (Lipinski definition) is 5. The molecule has 0 aliphatic rings. The van der Waals surface area contributed by atoms with Gasteiger partial charge in [-0.3, -0.25) is 0 Å². The van der Waals surface area contributed by atoms with Crippen molar-refractivity contribution in [1.29, 1.82) is 0 Å². The summed E-state index contributed by atoms with van der Waals surface area (Å²) in [6.07, 6.45) is -0.367. The zero-order valence-electron chi connectivity index (χ0n) is 10.7. The second-order valence-electron chi connectivity index (χ2n) is 4.06. The van der Waals surface area contributed by atoms with Gasteiger partial charge in [0.2, 0.25) is 10.0 Å². The van der Waals surface area contributed by atoms with Crippen LogP contribution in [0.5, 0.6) is 5.75 Å². The number of sulfonamides is 1. The molecule has 0 bridgehead atoms. The molecule has 6 nitrogen and oxygen atoms in total. The summed E-state index contributed by atoms with van der Waals surface area (Å²) in [5, 5.41) is 9.04. The topological polar surface area (TPSA) is 102 Å². The number of rotatable bonds is 6. The predicted molar refractivity (Wildman–Crippen MR) is 68.9 cm³/mol. The van der Waals surface area contributed by atoms with Crippen molar-refractivity contribution in [1.82, 2.24) is 4.72 Å². The standard InChI is InChI=1S/C11H17FN2O4S/c1-7(15)3-4-14-19(16,17)8-5-9(12)11(18-2)10(13)6-8/h5-7,14-15H,3-4,13H2,1-2H3. The largest absolute Gasteiger partial charge is 0.492 e. The Bertz CT molecular complexity index is 523. The van der Waals surface area contributed by atoms with E-state index < -0.39 is 21.9 Å². The van der Waals surface area contributed by atoms with E-state index in [1.54, 1.807) is 6.92 Å². The molecule has 0 heterocycles. The summed E-state index contributed by atoms with van der Waals surface area (Å²) in [5.41, 5.74) is 5.41. The Labute approximate surface area is 111 Å². The van der Waals surface area contributed by atoms with Gasteiger partial charge in [-0.2, -0.15) is 0 Å². The molecular formula is C11H17FN2O4S. The van der Waals surface area contributed by atoms with Crippen LogP contribution in [0.4, 0.5) is 10.1 Å². The highest BCUT2D eigenvalue weighted by Gasteiger charge is 2.19. The summed E-state index contributed by atoms with van der Waals surface area (Å²) in [6.45, 7) is 1.59. The predicted octanol–water partition coefficient (Wildman–Crippen LogP) is 0.466. The van der Waals surface area contributed by atoms with E-state index in [9.17, 15) is 12.8 Å². The number of benzene rings is 1. The molecule has 0 aliphatic carbocycles. The molecule has 1 aromatic rings. The highest BCUT2D eigenvalue weighted by atomic mass is 32.2. The van der Waals surface area contributed by atoms with Gasteiger partial charge < -0.3 is 15.6 Å². The van der Waals surface area contributed by atoms with Crippen LogP contribution in [0.1, 0.15) is 13.3 Å². The van der Waals surface area contributed by atoms with Crippen LogP contribution >= 0.6 is 0 Å². The van der Waals surface area contributed by atoms with Gasteiger partial charge in [0.1, 0.15) is 0 Å². The lowest BCUT2D eigenvalue weighted by Gasteiger charge is -2.11. The van der Waals surface area contributed by atoms with Gasteiger partial charge >= 0.3 is 0 Å². The Morgan fingerprint density at radius 1 is 1.53 bits per heavy atom. The van der Waals surface area contributed by atoms with Gasteiger partial charge in [-0.1, -0.05) is 0 Å². The smallest absolute Gasteiger partial charge is 0.240 e. The number of nitrogens with two attached hydrogens (primary N) is 1. The third-order valence-corrected chi connectivity index (χ3v) is 3.85. The highest BCUT2D eigenvalue weighted by molar-refractivity contribution is 7.89. The number of aliphatic hydroxyl groups is 1. The molecule has 0 saturated carbocycles. The minimum atomic E-state index is -3.86. The van der Waals surface area contributed by atoms with Crippen molar-refractivity contribution >= 4 is 15.7 Å². The second-order valence-corrected chi connectivity index (χ2v) is 5.83. The number of nitrogen functional groups attached to an aromatic ring is 1. The molecular weight excluding hydrogens is 275 g/mol. The zero-order chi connectivity index (χ0) is 14.6. The van der Waals surface area contributed by atoms with E-state index in [4.69, 9.17) is 15.6 Å². The zero-order valence-corrected chi connectivity index (χ0v) is 11.5. The Morgan fingerprint density at radius 3 is 2.63 bits per heavy atom. The van der Waals surface area contributed by atoms with Crippen LogP contribution in [0.25, 0.3) is 0 Å². The number of aliphatic hydroxyl groups excluding tert-OH is 1. The first-order valence-corrected chi connectivity index (χ1v) is 7.07. The second kappa shape index (κ2) is 6.18. The molecule has 0 spiro atoms. The van der Waals surface area contributed by atoms with Crippen LogP contribution in [0.15, 0.2) is 17.0 Å². The average molecular weight is 292 g/mol. The molecule has 0 saturated heterocycles. The van der Waals surface area contributed by atoms with Gasteiger partial charge in [-0.25, -0.2) is 17.5 Å². The van der Waals surface area contributed by atoms with Gasteiger partial charge in [0.25, 0.3) is 0 Å². The first kappa shape index (κ1) is 15.7. The summed E-state index contributed by atoms with van der Waals surface area (Å²) in [4.78, 5) is -0.283. The van der Waals surface area contributed by atoms with Gasteiger partial charge in [0.15, 0.2) is 11.6 Å². The molecule has 0 aliphatic heterocycles. The Kier molecular flexibility index (Phi) is 5.10. The van der Waals surface area contributed by atoms with Gasteiger partial charge in [0, 0.05) is 6.54 Å². The molecule has 0 radical (unpaired) electrons. The van der Waals surface area contributed by atoms with Gasteiger partial charge in [-0.15, -0.1) is 0 Å². The summed E-state index contributed by atoms with van der Waals surface area (Å²) in [7, 11) is -2.62. The van der Waals surface area contributed by atoms with Crippen LogP contribution in [-0.4, -0.2) is 33.3 Å². The van der Waals surface area contributed by atoms with E-state index in [-0.39, 0.29) is 29.3 Å². The Balaban J connectivity index is 2.96. The van der Waals surface area contributed by atoms with Crippen molar-refractivity contribution < 1.29 is 22.7 Å². The molecule has 0 fully saturated rings. The highest BCUT2D eigenvalue weighted by Crippen LogP contribution is 2.28. The lowest BCUT2D eigenvalue weighted by molar-refractivity contribution is 0.186.